The summed E-state index contributed by atoms with van der Waals surface area (Å²) in [6.07, 6.45) is 3.60. The van der Waals surface area contributed by atoms with Crippen molar-refractivity contribution in [1.82, 2.24) is 15.3 Å². The van der Waals surface area contributed by atoms with Crippen LogP contribution in [0.4, 0.5) is 4.79 Å². The monoisotopic (exact) mass is 532 g/mol. The quantitative estimate of drug-likeness (QED) is 0.119. The molecule has 0 fully saturated rings. The van der Waals surface area contributed by atoms with Crippen molar-refractivity contribution < 1.29 is 9.53 Å². The molecule has 0 saturated carbocycles. The first-order valence-corrected chi connectivity index (χ1v) is 14.3. The van der Waals surface area contributed by atoms with Crippen LogP contribution in [0.3, 0.4) is 0 Å². The Morgan fingerprint density at radius 1 is 1.32 bits per heavy atom. The fraction of sp³-hybridized carbons (Fsp3) is 0.333. The molecule has 0 unspecified atom stereocenters. The largest absolute Gasteiger partial charge is 0.445 e. The van der Waals surface area contributed by atoms with Crippen molar-refractivity contribution in [3.63, 3.8) is 0 Å². The van der Waals surface area contributed by atoms with Crippen LogP contribution in [0, 0.1) is 11.3 Å². The van der Waals surface area contributed by atoms with Crippen molar-refractivity contribution in [1.29, 1.82) is 5.26 Å². The highest BCUT2D eigenvalue weighted by Crippen LogP contribution is 2.36. The number of rotatable bonds is 12. The Labute approximate surface area is 217 Å². The molecule has 1 aromatic carbocycles. The number of nitrogens with one attached hydrogen (secondary N) is 1. The van der Waals surface area contributed by atoms with E-state index in [2.05, 4.69) is 23.3 Å². The molecular formula is C24H25ClN4O2S3. The lowest BCUT2D eigenvalue weighted by Gasteiger charge is -2.12. The molecule has 0 aliphatic rings. The summed E-state index contributed by atoms with van der Waals surface area (Å²) < 4.78 is 5.20. The van der Waals surface area contributed by atoms with E-state index >= 15 is 0 Å². The number of alkyl halides is 1. The van der Waals surface area contributed by atoms with Gasteiger partial charge in [-0.05, 0) is 29.4 Å². The summed E-state index contributed by atoms with van der Waals surface area (Å²) in [4.78, 5) is 20.8. The maximum atomic E-state index is 11.6. The minimum Gasteiger partial charge on any atom is -0.445 e. The maximum absolute atomic E-state index is 11.6. The van der Waals surface area contributed by atoms with Gasteiger partial charge in [0, 0.05) is 34.7 Å². The lowest BCUT2D eigenvalue weighted by Crippen LogP contribution is -2.25. The number of pyridine rings is 1. The predicted molar refractivity (Wildman–Crippen MR) is 142 cm³/mol. The van der Waals surface area contributed by atoms with Gasteiger partial charge in [0.1, 0.15) is 28.4 Å². The first-order valence-electron chi connectivity index (χ1n) is 10.8. The molecule has 3 aromatic rings. The number of thiazole rings is 1. The molecule has 0 spiro atoms. The van der Waals surface area contributed by atoms with Gasteiger partial charge in [-0.25, -0.2) is 14.8 Å². The van der Waals surface area contributed by atoms with Crippen LogP contribution in [0.5, 0.6) is 0 Å². The first-order chi connectivity index (χ1) is 16.7. The highest BCUT2D eigenvalue weighted by Gasteiger charge is 2.17. The second-order valence-corrected chi connectivity index (χ2v) is 10.8. The Morgan fingerprint density at radius 3 is 2.82 bits per heavy atom. The molecule has 2 heterocycles. The number of ether oxygens (including phenoxy) is 1. The number of amides is 1. The number of carbonyl (C=O) groups is 1. The third-order valence-corrected chi connectivity index (χ3v) is 7.94. The topological polar surface area (TPSA) is 87.9 Å². The highest BCUT2D eigenvalue weighted by molar-refractivity contribution is 8.16. The summed E-state index contributed by atoms with van der Waals surface area (Å²) in [5.41, 5.74) is 3.88. The summed E-state index contributed by atoms with van der Waals surface area (Å²) in [5, 5.41) is 16.9. The lowest BCUT2D eigenvalue weighted by molar-refractivity contribution is 0.140. The van der Waals surface area contributed by atoms with Crippen LogP contribution in [0.1, 0.15) is 30.9 Å². The molecule has 0 atom stereocenters. The third-order valence-electron chi connectivity index (χ3n) is 4.67. The Balaban J connectivity index is 1.84. The molecule has 0 saturated heterocycles. The second kappa shape index (κ2) is 14.2. The number of aromatic nitrogens is 2. The van der Waals surface area contributed by atoms with Crippen LogP contribution < -0.4 is 5.32 Å². The zero-order chi connectivity index (χ0) is 24.2. The Kier molecular flexibility index (Phi) is 11.0. The normalized spacial score (nSPS) is 10.6. The average Bonchev–Trinajstić information content (AvgIpc) is 3.41. The van der Waals surface area contributed by atoms with E-state index in [4.69, 9.17) is 21.3 Å². The fourth-order valence-electron chi connectivity index (χ4n) is 2.95. The van der Waals surface area contributed by atoms with Crippen LogP contribution in [-0.2, 0) is 11.3 Å². The van der Waals surface area contributed by atoms with Crippen LogP contribution in [0.2, 0.25) is 0 Å². The van der Waals surface area contributed by atoms with Crippen LogP contribution >= 0.6 is 46.5 Å². The number of nitrogens with zero attached hydrogens (tertiary/aromatic N) is 3. The summed E-state index contributed by atoms with van der Waals surface area (Å²) >= 11 is 10.5. The number of hydrogen-bond donors (Lipinski definition) is 1. The number of unbranched alkanes of at least 4 members (excludes halogenated alkanes) is 1. The van der Waals surface area contributed by atoms with Crippen molar-refractivity contribution in [3.05, 3.63) is 53.0 Å². The molecule has 0 bridgehead atoms. The zero-order valence-electron chi connectivity index (χ0n) is 18.8. The van der Waals surface area contributed by atoms with Gasteiger partial charge in [0.2, 0.25) is 0 Å². The molecule has 0 aliphatic heterocycles. The molecule has 0 radical (unpaired) electrons. The van der Waals surface area contributed by atoms with Gasteiger partial charge in [-0.3, -0.25) is 0 Å². The number of alkyl carbamates (subject to hydrolysis) is 1. The molecule has 10 heteroatoms. The van der Waals surface area contributed by atoms with Gasteiger partial charge < -0.3 is 10.1 Å². The Bertz CT molecular complexity index is 1100. The summed E-state index contributed by atoms with van der Waals surface area (Å²) in [7, 11) is 0. The van der Waals surface area contributed by atoms with E-state index in [0.717, 1.165) is 43.3 Å². The van der Waals surface area contributed by atoms with Gasteiger partial charge in [0.25, 0.3) is 0 Å². The SMILES string of the molecule is CCCCSCSc1nc(-c2nccs2)cc(-c2ccc(COC(=O)NCCCl)cc2)c1C#N. The van der Waals surface area contributed by atoms with E-state index in [0.29, 0.717) is 18.0 Å². The van der Waals surface area contributed by atoms with E-state index in [1.54, 1.807) is 18.0 Å². The van der Waals surface area contributed by atoms with Crippen molar-refractivity contribution in [2.75, 3.05) is 23.3 Å². The van der Waals surface area contributed by atoms with Crippen LogP contribution in [0.25, 0.3) is 21.8 Å². The molecule has 6 nitrogen and oxygen atoms in total. The van der Waals surface area contributed by atoms with Gasteiger partial charge >= 0.3 is 6.09 Å². The molecule has 2 aromatic heterocycles. The number of thioether (sulfide) groups is 2. The summed E-state index contributed by atoms with van der Waals surface area (Å²) in [6, 6.07) is 11.9. The van der Waals surface area contributed by atoms with Crippen molar-refractivity contribution in [3.8, 4) is 27.9 Å². The van der Waals surface area contributed by atoms with Crippen molar-refractivity contribution in [2.45, 2.75) is 31.4 Å². The third kappa shape index (κ3) is 7.64. The molecular weight excluding hydrogens is 508 g/mol. The number of hydrogen-bond acceptors (Lipinski definition) is 8. The van der Waals surface area contributed by atoms with Crippen LogP contribution in [-0.4, -0.2) is 39.3 Å². The Hall–Kier alpha value is -2.25. The summed E-state index contributed by atoms with van der Waals surface area (Å²) in [5.74, 6) is 1.43. The maximum Gasteiger partial charge on any atom is 0.407 e. The standard InChI is InChI=1S/C24H25ClN4O2S3/c1-2-3-11-32-16-34-22-20(14-26)19(13-21(29-22)23-27-10-12-33-23)18-6-4-17(5-7-18)15-31-24(30)28-9-8-25/h4-7,10,12-13H,2-3,8-9,11,15-16H2,1H3,(H,28,30). The molecule has 34 heavy (non-hydrogen) atoms. The van der Waals surface area contributed by atoms with Crippen LogP contribution in [0.15, 0.2) is 46.9 Å². The number of benzene rings is 1. The first kappa shape index (κ1) is 26.4. The number of nitriles is 1. The van der Waals surface area contributed by atoms with Gasteiger partial charge in [-0.15, -0.1) is 22.9 Å². The fourth-order valence-corrected chi connectivity index (χ4v) is 5.85. The van der Waals surface area contributed by atoms with E-state index in [1.807, 2.05) is 47.5 Å². The second-order valence-electron chi connectivity index (χ2n) is 7.10. The molecule has 1 N–H and O–H groups in total. The average molecular weight is 533 g/mol. The number of carbonyl (C=O) groups excluding carboxylic acids is 1. The highest BCUT2D eigenvalue weighted by atomic mass is 35.5. The van der Waals surface area contributed by atoms with E-state index in [-0.39, 0.29) is 6.61 Å². The van der Waals surface area contributed by atoms with E-state index < -0.39 is 6.09 Å². The molecule has 1 amide bonds. The zero-order valence-corrected chi connectivity index (χ0v) is 22.0. The van der Waals surface area contributed by atoms with Gasteiger partial charge in [-0.1, -0.05) is 49.4 Å². The van der Waals surface area contributed by atoms with Gasteiger partial charge in [0.15, 0.2) is 0 Å². The van der Waals surface area contributed by atoms with Gasteiger partial charge in [0.05, 0.1) is 5.56 Å². The smallest absolute Gasteiger partial charge is 0.407 e. The minimum atomic E-state index is -0.503. The summed E-state index contributed by atoms with van der Waals surface area (Å²) in [6.45, 7) is 2.69. The molecule has 0 aliphatic carbocycles. The lowest BCUT2D eigenvalue weighted by atomic mass is 10.00. The van der Waals surface area contributed by atoms with E-state index in [9.17, 15) is 10.1 Å². The molecule has 3 rings (SSSR count). The van der Waals surface area contributed by atoms with Gasteiger partial charge in [-0.2, -0.15) is 17.0 Å². The Morgan fingerprint density at radius 2 is 2.15 bits per heavy atom. The minimum absolute atomic E-state index is 0.149. The van der Waals surface area contributed by atoms with Crippen molar-refractivity contribution in [2.24, 2.45) is 0 Å². The van der Waals surface area contributed by atoms with Crippen molar-refractivity contribution >= 4 is 52.6 Å². The molecule has 178 valence electrons. The van der Waals surface area contributed by atoms with E-state index in [1.165, 1.54) is 24.2 Å². The number of halogens is 1. The predicted octanol–water partition coefficient (Wildman–Crippen LogP) is 6.79.